The first-order chi connectivity index (χ1) is 12.5. The SMILES string of the molecule is C=CNc1nc(-c2ccc(C)cc2)cs1.CCOC(=O)CC(=O)OCC. The van der Waals surface area contributed by atoms with Crippen molar-refractivity contribution >= 4 is 28.4 Å². The first-order valence-electron chi connectivity index (χ1n) is 8.21. The van der Waals surface area contributed by atoms with E-state index in [0.717, 1.165) is 16.4 Å². The number of hydrogen-bond donors (Lipinski definition) is 1. The Bertz CT molecular complexity index is 695. The number of anilines is 1. The van der Waals surface area contributed by atoms with Gasteiger partial charge in [-0.25, -0.2) is 4.98 Å². The van der Waals surface area contributed by atoms with Gasteiger partial charge in [0.05, 0.1) is 18.9 Å². The van der Waals surface area contributed by atoms with E-state index >= 15 is 0 Å². The van der Waals surface area contributed by atoms with Crippen molar-refractivity contribution in [1.29, 1.82) is 0 Å². The molecule has 140 valence electrons. The molecule has 26 heavy (non-hydrogen) atoms. The fourth-order valence-electron chi connectivity index (χ4n) is 1.83. The monoisotopic (exact) mass is 376 g/mol. The normalized spacial score (nSPS) is 9.50. The molecule has 0 unspecified atom stereocenters. The summed E-state index contributed by atoms with van der Waals surface area (Å²) in [6, 6.07) is 8.36. The van der Waals surface area contributed by atoms with Crippen molar-refractivity contribution in [3.8, 4) is 11.3 Å². The first kappa shape index (κ1) is 21.4. The molecule has 1 aromatic heterocycles. The first-order valence-corrected chi connectivity index (χ1v) is 9.09. The topological polar surface area (TPSA) is 77.5 Å². The highest BCUT2D eigenvalue weighted by Crippen LogP contribution is 2.24. The summed E-state index contributed by atoms with van der Waals surface area (Å²) in [6.45, 7) is 9.63. The molecule has 0 spiro atoms. The Morgan fingerprint density at radius 1 is 1.15 bits per heavy atom. The smallest absolute Gasteiger partial charge is 0.317 e. The summed E-state index contributed by atoms with van der Waals surface area (Å²) < 4.78 is 9.04. The molecule has 6 nitrogen and oxygen atoms in total. The number of aryl methyl sites for hydroxylation is 1. The predicted molar refractivity (Wildman–Crippen MR) is 104 cm³/mol. The number of benzene rings is 1. The number of thiazole rings is 1. The van der Waals surface area contributed by atoms with Gasteiger partial charge in [-0.1, -0.05) is 36.4 Å². The van der Waals surface area contributed by atoms with Gasteiger partial charge in [-0.3, -0.25) is 9.59 Å². The highest BCUT2D eigenvalue weighted by molar-refractivity contribution is 7.14. The Morgan fingerprint density at radius 3 is 2.23 bits per heavy atom. The predicted octanol–water partition coefficient (Wildman–Crippen LogP) is 4.18. The van der Waals surface area contributed by atoms with E-state index in [-0.39, 0.29) is 19.6 Å². The maximum Gasteiger partial charge on any atom is 0.317 e. The molecule has 0 bridgehead atoms. The fraction of sp³-hybridized carbons (Fsp3) is 0.316. The minimum atomic E-state index is -0.536. The van der Waals surface area contributed by atoms with Crippen LogP contribution in [-0.2, 0) is 19.1 Å². The average Bonchev–Trinajstić information content (AvgIpc) is 3.05. The van der Waals surface area contributed by atoms with E-state index < -0.39 is 11.9 Å². The van der Waals surface area contributed by atoms with Crippen LogP contribution < -0.4 is 5.32 Å². The maximum atomic E-state index is 10.6. The van der Waals surface area contributed by atoms with Crippen molar-refractivity contribution in [2.24, 2.45) is 0 Å². The van der Waals surface area contributed by atoms with Crippen LogP contribution >= 0.6 is 11.3 Å². The molecule has 0 fully saturated rings. The lowest BCUT2D eigenvalue weighted by molar-refractivity contribution is -0.153. The van der Waals surface area contributed by atoms with E-state index in [1.807, 2.05) is 5.38 Å². The van der Waals surface area contributed by atoms with Crippen LogP contribution in [0.5, 0.6) is 0 Å². The highest BCUT2D eigenvalue weighted by Gasteiger charge is 2.09. The summed E-state index contributed by atoms with van der Waals surface area (Å²) >= 11 is 1.58. The quantitative estimate of drug-likeness (QED) is 0.577. The molecular weight excluding hydrogens is 352 g/mol. The van der Waals surface area contributed by atoms with Crippen molar-refractivity contribution in [3.63, 3.8) is 0 Å². The summed E-state index contributed by atoms with van der Waals surface area (Å²) in [5.74, 6) is -1.07. The Kier molecular flexibility index (Phi) is 9.71. The second-order valence-corrected chi connectivity index (χ2v) is 5.90. The average molecular weight is 376 g/mol. The van der Waals surface area contributed by atoms with E-state index in [1.54, 1.807) is 31.4 Å². The van der Waals surface area contributed by atoms with E-state index in [0.29, 0.717) is 0 Å². The molecule has 1 heterocycles. The minimum Gasteiger partial charge on any atom is -0.466 e. The van der Waals surface area contributed by atoms with Gasteiger partial charge < -0.3 is 14.8 Å². The Balaban J connectivity index is 0.000000276. The number of nitrogens with one attached hydrogen (secondary N) is 1. The molecule has 0 atom stereocenters. The number of carbonyl (C=O) groups excluding carboxylic acids is 2. The summed E-state index contributed by atoms with van der Waals surface area (Å²) in [5.41, 5.74) is 3.41. The number of nitrogens with zero attached hydrogens (tertiary/aromatic N) is 1. The maximum absolute atomic E-state index is 10.6. The number of carbonyl (C=O) groups is 2. The van der Waals surface area contributed by atoms with Crippen LogP contribution in [0.4, 0.5) is 5.13 Å². The molecule has 1 N–H and O–H groups in total. The molecule has 0 aliphatic heterocycles. The summed E-state index contributed by atoms with van der Waals surface area (Å²) in [5, 5.41) is 5.89. The van der Waals surface area contributed by atoms with Crippen LogP contribution in [0.25, 0.3) is 11.3 Å². The van der Waals surface area contributed by atoms with Crippen molar-refractivity contribution < 1.29 is 19.1 Å². The Labute approximate surface area is 157 Å². The van der Waals surface area contributed by atoms with Crippen molar-refractivity contribution in [3.05, 3.63) is 48.0 Å². The lowest BCUT2D eigenvalue weighted by atomic mass is 10.1. The second kappa shape index (κ2) is 11.8. The third-order valence-corrected chi connectivity index (χ3v) is 3.75. The van der Waals surface area contributed by atoms with Crippen LogP contribution in [0.15, 0.2) is 42.4 Å². The molecule has 0 amide bonds. The zero-order chi connectivity index (χ0) is 19.4. The van der Waals surface area contributed by atoms with E-state index in [9.17, 15) is 9.59 Å². The van der Waals surface area contributed by atoms with Gasteiger partial charge in [0.15, 0.2) is 5.13 Å². The molecule has 1 aromatic carbocycles. The van der Waals surface area contributed by atoms with Gasteiger partial charge in [-0.2, -0.15) is 0 Å². The number of esters is 2. The molecule has 7 heteroatoms. The molecule has 0 aliphatic rings. The second-order valence-electron chi connectivity index (χ2n) is 5.04. The Morgan fingerprint density at radius 2 is 1.73 bits per heavy atom. The third-order valence-electron chi connectivity index (χ3n) is 2.98. The molecule has 0 saturated carbocycles. The summed E-state index contributed by atoms with van der Waals surface area (Å²) in [7, 11) is 0. The Hall–Kier alpha value is -2.67. The van der Waals surface area contributed by atoms with Crippen LogP contribution in [0, 0.1) is 6.92 Å². The lowest BCUT2D eigenvalue weighted by Crippen LogP contribution is -2.13. The molecule has 2 rings (SSSR count). The number of ether oxygens (including phenoxy) is 2. The summed E-state index contributed by atoms with van der Waals surface area (Å²) in [4.78, 5) is 25.6. The molecular formula is C19H24N2O4S. The van der Waals surface area contributed by atoms with Crippen molar-refractivity contribution in [2.75, 3.05) is 18.5 Å². The van der Waals surface area contributed by atoms with Gasteiger partial charge in [-0.05, 0) is 27.0 Å². The lowest BCUT2D eigenvalue weighted by Gasteiger charge is -2.00. The number of aromatic nitrogens is 1. The van der Waals surface area contributed by atoms with Crippen LogP contribution in [-0.4, -0.2) is 30.1 Å². The van der Waals surface area contributed by atoms with Gasteiger partial charge in [-0.15, -0.1) is 11.3 Å². The molecule has 0 radical (unpaired) electrons. The third kappa shape index (κ3) is 7.94. The van der Waals surface area contributed by atoms with Gasteiger partial charge in [0.1, 0.15) is 6.42 Å². The largest absolute Gasteiger partial charge is 0.466 e. The van der Waals surface area contributed by atoms with Gasteiger partial charge in [0, 0.05) is 10.9 Å². The van der Waals surface area contributed by atoms with Crippen LogP contribution in [0.1, 0.15) is 25.8 Å². The van der Waals surface area contributed by atoms with Gasteiger partial charge in [0.25, 0.3) is 0 Å². The van der Waals surface area contributed by atoms with Crippen LogP contribution in [0.2, 0.25) is 0 Å². The van der Waals surface area contributed by atoms with Gasteiger partial charge >= 0.3 is 11.9 Å². The zero-order valence-electron chi connectivity index (χ0n) is 15.3. The number of hydrogen-bond acceptors (Lipinski definition) is 7. The summed E-state index contributed by atoms with van der Waals surface area (Å²) in [6.07, 6.45) is 1.35. The van der Waals surface area contributed by atoms with Crippen LogP contribution in [0.3, 0.4) is 0 Å². The van der Waals surface area contributed by atoms with E-state index in [4.69, 9.17) is 0 Å². The van der Waals surface area contributed by atoms with Crippen molar-refractivity contribution in [2.45, 2.75) is 27.2 Å². The van der Waals surface area contributed by atoms with E-state index in [1.165, 1.54) is 5.56 Å². The molecule has 0 aliphatic carbocycles. The van der Waals surface area contributed by atoms with Crippen molar-refractivity contribution in [1.82, 2.24) is 4.98 Å². The highest BCUT2D eigenvalue weighted by atomic mass is 32.1. The standard InChI is InChI=1S/C12H12N2S.C7H12O4/c1-3-13-12-14-11(8-15-12)10-6-4-9(2)5-7-10;1-3-10-6(8)5-7(9)11-4-2/h3-8H,1H2,2H3,(H,13,14);3-5H2,1-2H3. The molecule has 2 aromatic rings. The molecule has 0 saturated heterocycles. The fourth-order valence-corrected chi connectivity index (χ4v) is 2.54. The number of rotatable bonds is 7. The minimum absolute atomic E-state index is 0.290. The van der Waals surface area contributed by atoms with Gasteiger partial charge in [0.2, 0.25) is 0 Å². The zero-order valence-corrected chi connectivity index (χ0v) is 16.1. The van der Waals surface area contributed by atoms with E-state index in [2.05, 4.69) is 57.5 Å².